The summed E-state index contributed by atoms with van der Waals surface area (Å²) in [6, 6.07) is 8.10. The number of benzene rings is 1. The summed E-state index contributed by atoms with van der Waals surface area (Å²) in [5.41, 5.74) is 2.96. The number of nitrogens with one attached hydrogen (secondary N) is 2. The Morgan fingerprint density at radius 1 is 1.10 bits per heavy atom. The van der Waals surface area contributed by atoms with Crippen LogP contribution in [0.2, 0.25) is 0 Å². The summed E-state index contributed by atoms with van der Waals surface area (Å²) < 4.78 is 10.5. The van der Waals surface area contributed by atoms with Gasteiger partial charge in [0.25, 0.3) is 0 Å². The van der Waals surface area contributed by atoms with Crippen LogP contribution in [-0.2, 0) is 16.1 Å². The second-order valence-corrected chi connectivity index (χ2v) is 7.10. The number of guanidine groups is 1. The normalized spacial score (nSPS) is 11.4. The third-order valence-corrected chi connectivity index (χ3v) is 4.50. The zero-order valence-corrected chi connectivity index (χ0v) is 18.4. The molecule has 1 aromatic heterocycles. The Hall–Kier alpha value is -2.83. The number of rotatable bonds is 12. The van der Waals surface area contributed by atoms with Gasteiger partial charge < -0.3 is 19.8 Å². The Labute approximate surface area is 179 Å². The van der Waals surface area contributed by atoms with Crippen molar-refractivity contribution in [1.29, 1.82) is 0 Å². The molecular weight excluding hydrogens is 380 g/mol. The van der Waals surface area contributed by atoms with Gasteiger partial charge in [0.05, 0.1) is 13.2 Å². The maximum atomic E-state index is 11.3. The molecule has 7 heteroatoms. The van der Waals surface area contributed by atoms with Crippen molar-refractivity contribution in [2.75, 3.05) is 19.7 Å². The number of hydrogen-bond acceptors (Lipinski definition) is 5. The van der Waals surface area contributed by atoms with Crippen molar-refractivity contribution in [1.82, 2.24) is 15.6 Å². The van der Waals surface area contributed by atoms with E-state index in [9.17, 15) is 4.79 Å². The first-order chi connectivity index (χ1) is 14.6. The molecule has 0 amide bonds. The molecule has 2 rings (SSSR count). The van der Waals surface area contributed by atoms with E-state index in [1.165, 1.54) is 5.56 Å². The highest BCUT2D eigenvalue weighted by Crippen LogP contribution is 2.19. The van der Waals surface area contributed by atoms with Crippen LogP contribution in [-0.4, -0.2) is 36.6 Å². The third-order valence-electron chi connectivity index (χ3n) is 4.50. The zero-order chi connectivity index (χ0) is 21.6. The summed E-state index contributed by atoms with van der Waals surface area (Å²) in [5, 5.41) is 6.59. The maximum Gasteiger partial charge on any atom is 0.305 e. The van der Waals surface area contributed by atoms with E-state index in [0.29, 0.717) is 25.5 Å². The standard InChI is InChI=1S/C23H34N4O3/c1-4-24-23(25-15-9-7-6-8-10-21(28)29-5-2)26-16-20-17-30-22(27-20)19-13-11-18(3)12-14-19/h11-14,17H,4-10,15-16H2,1-3H3,(H2,24,25,26). The maximum absolute atomic E-state index is 11.3. The molecule has 0 radical (unpaired) electrons. The summed E-state index contributed by atoms with van der Waals surface area (Å²) >= 11 is 0. The largest absolute Gasteiger partial charge is 0.466 e. The van der Waals surface area contributed by atoms with Crippen LogP contribution < -0.4 is 10.6 Å². The molecule has 0 atom stereocenters. The number of nitrogens with zero attached hydrogens (tertiary/aromatic N) is 2. The summed E-state index contributed by atoms with van der Waals surface area (Å²) in [5.74, 6) is 1.28. The van der Waals surface area contributed by atoms with Gasteiger partial charge in [-0.1, -0.05) is 30.5 Å². The molecule has 0 fully saturated rings. The van der Waals surface area contributed by atoms with Crippen LogP contribution in [0.5, 0.6) is 0 Å². The molecule has 2 N–H and O–H groups in total. The van der Waals surface area contributed by atoms with Crippen molar-refractivity contribution in [2.45, 2.75) is 59.4 Å². The Morgan fingerprint density at radius 3 is 2.60 bits per heavy atom. The summed E-state index contributed by atoms with van der Waals surface area (Å²) in [6.07, 6.45) is 6.15. The monoisotopic (exact) mass is 414 g/mol. The highest BCUT2D eigenvalue weighted by molar-refractivity contribution is 5.79. The minimum atomic E-state index is -0.101. The van der Waals surface area contributed by atoms with E-state index in [2.05, 4.69) is 27.5 Å². The Morgan fingerprint density at radius 2 is 1.87 bits per heavy atom. The summed E-state index contributed by atoms with van der Waals surface area (Å²) in [4.78, 5) is 20.4. The molecule has 30 heavy (non-hydrogen) atoms. The SMILES string of the molecule is CCNC(=NCc1coc(-c2ccc(C)cc2)n1)NCCCCCCC(=O)OCC. The second kappa shape index (κ2) is 13.4. The average Bonchev–Trinajstić information content (AvgIpc) is 3.21. The van der Waals surface area contributed by atoms with Crippen molar-refractivity contribution in [3.8, 4) is 11.5 Å². The number of ether oxygens (including phenoxy) is 1. The quantitative estimate of drug-likeness (QED) is 0.234. The number of hydrogen-bond donors (Lipinski definition) is 2. The first-order valence-electron chi connectivity index (χ1n) is 10.8. The fraction of sp³-hybridized carbons (Fsp3) is 0.522. The van der Waals surface area contributed by atoms with Gasteiger partial charge in [-0.2, -0.15) is 0 Å². The summed E-state index contributed by atoms with van der Waals surface area (Å²) in [7, 11) is 0. The second-order valence-electron chi connectivity index (χ2n) is 7.10. The number of carbonyl (C=O) groups is 1. The molecule has 0 saturated heterocycles. The van der Waals surface area contributed by atoms with Crippen LogP contribution in [0, 0.1) is 6.92 Å². The lowest BCUT2D eigenvalue weighted by molar-refractivity contribution is -0.143. The fourth-order valence-corrected chi connectivity index (χ4v) is 2.90. The van der Waals surface area contributed by atoms with Crippen molar-refractivity contribution >= 4 is 11.9 Å². The molecule has 7 nitrogen and oxygen atoms in total. The van der Waals surface area contributed by atoms with Gasteiger partial charge in [0, 0.05) is 25.1 Å². The molecule has 0 bridgehead atoms. The lowest BCUT2D eigenvalue weighted by atomic mass is 10.1. The lowest BCUT2D eigenvalue weighted by Crippen LogP contribution is -2.37. The van der Waals surface area contributed by atoms with E-state index in [4.69, 9.17) is 9.15 Å². The molecule has 0 aliphatic rings. The molecule has 0 spiro atoms. The van der Waals surface area contributed by atoms with Crippen LogP contribution in [0.4, 0.5) is 0 Å². The van der Waals surface area contributed by atoms with Crippen molar-refractivity contribution in [2.24, 2.45) is 4.99 Å². The van der Waals surface area contributed by atoms with Gasteiger partial charge in [0.1, 0.15) is 12.0 Å². The van der Waals surface area contributed by atoms with Crippen LogP contribution >= 0.6 is 0 Å². The minimum absolute atomic E-state index is 0.101. The van der Waals surface area contributed by atoms with Gasteiger partial charge in [-0.05, 0) is 45.7 Å². The number of oxazole rings is 1. The van der Waals surface area contributed by atoms with E-state index in [1.54, 1.807) is 6.26 Å². The van der Waals surface area contributed by atoms with Gasteiger partial charge in [-0.3, -0.25) is 4.79 Å². The molecule has 0 aliphatic carbocycles. The molecule has 1 heterocycles. The molecule has 0 aliphatic heterocycles. The van der Waals surface area contributed by atoms with Gasteiger partial charge >= 0.3 is 5.97 Å². The minimum Gasteiger partial charge on any atom is -0.466 e. The van der Waals surface area contributed by atoms with Crippen molar-refractivity contribution in [3.05, 3.63) is 41.8 Å². The Balaban J connectivity index is 1.72. The topological polar surface area (TPSA) is 88.8 Å². The smallest absolute Gasteiger partial charge is 0.305 e. The lowest BCUT2D eigenvalue weighted by Gasteiger charge is -2.10. The van der Waals surface area contributed by atoms with Gasteiger partial charge in [-0.15, -0.1) is 0 Å². The highest BCUT2D eigenvalue weighted by atomic mass is 16.5. The van der Waals surface area contributed by atoms with Gasteiger partial charge in [0.2, 0.25) is 5.89 Å². The van der Waals surface area contributed by atoms with Crippen LogP contribution in [0.15, 0.2) is 39.9 Å². The number of carbonyl (C=O) groups excluding carboxylic acids is 1. The van der Waals surface area contributed by atoms with Crippen LogP contribution in [0.3, 0.4) is 0 Å². The van der Waals surface area contributed by atoms with Gasteiger partial charge in [0.15, 0.2) is 5.96 Å². The van der Waals surface area contributed by atoms with Crippen molar-refractivity contribution in [3.63, 3.8) is 0 Å². The van der Waals surface area contributed by atoms with E-state index in [0.717, 1.165) is 56.0 Å². The number of aryl methyl sites for hydroxylation is 1. The molecule has 2 aromatic rings. The Bertz CT molecular complexity index is 784. The Kier molecular flexibility index (Phi) is 10.5. The number of aliphatic imine (C=N–C) groups is 1. The van der Waals surface area contributed by atoms with Crippen LogP contribution in [0.25, 0.3) is 11.5 Å². The van der Waals surface area contributed by atoms with E-state index in [1.807, 2.05) is 38.1 Å². The third kappa shape index (κ3) is 8.68. The zero-order valence-electron chi connectivity index (χ0n) is 18.4. The molecule has 0 saturated carbocycles. The number of esters is 1. The predicted molar refractivity (Wildman–Crippen MR) is 119 cm³/mol. The average molecular weight is 415 g/mol. The number of unbranched alkanes of at least 4 members (excludes halogenated alkanes) is 3. The van der Waals surface area contributed by atoms with E-state index < -0.39 is 0 Å². The van der Waals surface area contributed by atoms with E-state index in [-0.39, 0.29) is 5.97 Å². The first kappa shape index (κ1) is 23.4. The number of aromatic nitrogens is 1. The fourth-order valence-electron chi connectivity index (χ4n) is 2.90. The van der Waals surface area contributed by atoms with Crippen molar-refractivity contribution < 1.29 is 13.9 Å². The van der Waals surface area contributed by atoms with E-state index >= 15 is 0 Å². The molecule has 0 unspecified atom stereocenters. The van der Waals surface area contributed by atoms with Gasteiger partial charge in [-0.25, -0.2) is 9.98 Å². The highest BCUT2D eigenvalue weighted by Gasteiger charge is 2.07. The molecule has 1 aromatic carbocycles. The van der Waals surface area contributed by atoms with Crippen LogP contribution in [0.1, 0.15) is 57.2 Å². The summed E-state index contributed by atoms with van der Waals surface area (Å²) in [6.45, 7) is 8.45. The predicted octanol–water partition coefficient (Wildman–Crippen LogP) is 4.22. The molecular formula is C23H34N4O3. The first-order valence-corrected chi connectivity index (χ1v) is 10.8. The molecule has 164 valence electrons.